The standard InChI is InChI=1S/C15H13N3O/c16-12-2-1-3-13(9-12)18-15(19)11-4-5-14-10(8-11)6-7-17-14/h1-9,17H,16H2,(H,18,19). The van der Waals surface area contributed by atoms with Crippen molar-refractivity contribution in [2.45, 2.75) is 0 Å². The molecule has 3 aromatic rings. The number of aromatic nitrogens is 1. The first-order valence-electron chi connectivity index (χ1n) is 5.96. The molecule has 0 aliphatic rings. The highest BCUT2D eigenvalue weighted by molar-refractivity contribution is 6.06. The maximum atomic E-state index is 12.1. The van der Waals surface area contributed by atoms with Crippen molar-refractivity contribution in [1.29, 1.82) is 0 Å². The Hall–Kier alpha value is -2.75. The molecule has 0 fully saturated rings. The number of fused-ring (bicyclic) bond motifs is 1. The molecule has 4 N–H and O–H groups in total. The van der Waals surface area contributed by atoms with E-state index in [1.807, 2.05) is 30.5 Å². The number of aromatic amines is 1. The van der Waals surface area contributed by atoms with E-state index in [1.165, 1.54) is 0 Å². The van der Waals surface area contributed by atoms with Crippen LogP contribution < -0.4 is 11.1 Å². The van der Waals surface area contributed by atoms with Crippen molar-refractivity contribution in [1.82, 2.24) is 4.98 Å². The molecule has 1 aromatic heterocycles. The first-order valence-corrected chi connectivity index (χ1v) is 5.96. The highest BCUT2D eigenvalue weighted by Crippen LogP contribution is 2.17. The normalized spacial score (nSPS) is 10.5. The topological polar surface area (TPSA) is 70.9 Å². The Bertz CT molecular complexity index is 746. The first-order chi connectivity index (χ1) is 9.22. The van der Waals surface area contributed by atoms with Gasteiger partial charge in [-0.2, -0.15) is 0 Å². The van der Waals surface area contributed by atoms with Crippen molar-refractivity contribution < 1.29 is 4.79 Å². The smallest absolute Gasteiger partial charge is 0.255 e. The molecule has 2 aromatic carbocycles. The largest absolute Gasteiger partial charge is 0.399 e. The van der Waals surface area contributed by atoms with Gasteiger partial charge in [0.1, 0.15) is 0 Å². The minimum atomic E-state index is -0.145. The molecule has 0 unspecified atom stereocenters. The van der Waals surface area contributed by atoms with Crippen molar-refractivity contribution in [2.75, 3.05) is 11.1 Å². The van der Waals surface area contributed by atoms with Gasteiger partial charge in [-0.25, -0.2) is 0 Å². The van der Waals surface area contributed by atoms with Crippen molar-refractivity contribution >= 4 is 28.2 Å². The number of hydrogen-bond donors (Lipinski definition) is 3. The maximum Gasteiger partial charge on any atom is 0.255 e. The van der Waals surface area contributed by atoms with Crippen LogP contribution in [0.25, 0.3) is 10.9 Å². The quantitative estimate of drug-likeness (QED) is 0.613. The molecule has 1 heterocycles. The Morgan fingerprint density at radius 2 is 2.00 bits per heavy atom. The van der Waals surface area contributed by atoms with Gasteiger partial charge in [-0.05, 0) is 42.5 Å². The number of amides is 1. The third-order valence-electron chi connectivity index (χ3n) is 2.96. The second kappa shape index (κ2) is 4.49. The van der Waals surface area contributed by atoms with Crippen LogP contribution in [0.15, 0.2) is 54.7 Å². The van der Waals surface area contributed by atoms with Gasteiger partial charge in [0.05, 0.1) is 0 Å². The van der Waals surface area contributed by atoms with Crippen LogP contribution >= 0.6 is 0 Å². The van der Waals surface area contributed by atoms with Gasteiger partial charge in [-0.3, -0.25) is 4.79 Å². The maximum absolute atomic E-state index is 12.1. The van der Waals surface area contributed by atoms with E-state index in [0.29, 0.717) is 16.9 Å². The summed E-state index contributed by atoms with van der Waals surface area (Å²) in [4.78, 5) is 15.2. The number of nitrogens with two attached hydrogens (primary N) is 1. The van der Waals surface area contributed by atoms with E-state index >= 15 is 0 Å². The number of nitrogens with one attached hydrogen (secondary N) is 2. The minimum absolute atomic E-state index is 0.145. The molecule has 0 aliphatic carbocycles. The van der Waals surface area contributed by atoms with Crippen LogP contribution in [0.1, 0.15) is 10.4 Å². The predicted octanol–water partition coefficient (Wildman–Crippen LogP) is 3.00. The monoisotopic (exact) mass is 251 g/mol. The number of H-pyrrole nitrogens is 1. The number of anilines is 2. The molecule has 3 rings (SSSR count). The zero-order valence-corrected chi connectivity index (χ0v) is 10.2. The summed E-state index contributed by atoms with van der Waals surface area (Å²) in [6.45, 7) is 0. The fourth-order valence-corrected chi connectivity index (χ4v) is 2.01. The Balaban J connectivity index is 1.87. The highest BCUT2D eigenvalue weighted by Gasteiger charge is 2.07. The van der Waals surface area contributed by atoms with E-state index in [2.05, 4.69) is 10.3 Å². The number of carbonyl (C=O) groups excluding carboxylic acids is 1. The summed E-state index contributed by atoms with van der Waals surface area (Å²) in [5.41, 5.74) is 8.63. The third-order valence-corrected chi connectivity index (χ3v) is 2.96. The van der Waals surface area contributed by atoms with Gasteiger partial charge < -0.3 is 16.0 Å². The van der Waals surface area contributed by atoms with Crippen molar-refractivity contribution in [3.63, 3.8) is 0 Å². The zero-order valence-electron chi connectivity index (χ0n) is 10.2. The summed E-state index contributed by atoms with van der Waals surface area (Å²) < 4.78 is 0. The van der Waals surface area contributed by atoms with E-state index in [4.69, 9.17) is 5.73 Å². The van der Waals surface area contributed by atoms with Gasteiger partial charge in [0.15, 0.2) is 0 Å². The third kappa shape index (κ3) is 2.28. The van der Waals surface area contributed by atoms with E-state index in [9.17, 15) is 4.79 Å². The summed E-state index contributed by atoms with van der Waals surface area (Å²) in [5.74, 6) is -0.145. The molecule has 0 saturated carbocycles. The van der Waals surface area contributed by atoms with E-state index < -0.39 is 0 Å². The molecule has 0 radical (unpaired) electrons. The van der Waals surface area contributed by atoms with Crippen molar-refractivity contribution in [2.24, 2.45) is 0 Å². The molecule has 1 amide bonds. The lowest BCUT2D eigenvalue weighted by molar-refractivity contribution is 0.102. The lowest BCUT2D eigenvalue weighted by atomic mass is 10.1. The molecular weight excluding hydrogens is 238 g/mol. The molecule has 4 heteroatoms. The summed E-state index contributed by atoms with van der Waals surface area (Å²) in [6, 6.07) is 14.6. The van der Waals surface area contributed by atoms with Gasteiger partial charge in [0.2, 0.25) is 0 Å². The summed E-state index contributed by atoms with van der Waals surface area (Å²) >= 11 is 0. The second-order valence-corrected chi connectivity index (χ2v) is 4.36. The fraction of sp³-hybridized carbons (Fsp3) is 0. The Morgan fingerprint density at radius 1 is 1.11 bits per heavy atom. The van der Waals surface area contributed by atoms with Gasteiger partial charge in [-0.1, -0.05) is 6.07 Å². The fourth-order valence-electron chi connectivity index (χ4n) is 2.01. The molecule has 94 valence electrons. The number of hydrogen-bond acceptors (Lipinski definition) is 2. The summed E-state index contributed by atoms with van der Waals surface area (Å²) in [7, 11) is 0. The van der Waals surface area contributed by atoms with Crippen LogP contribution in [-0.2, 0) is 0 Å². The van der Waals surface area contributed by atoms with Crippen LogP contribution in [0.2, 0.25) is 0 Å². The lowest BCUT2D eigenvalue weighted by Crippen LogP contribution is -2.11. The number of rotatable bonds is 2. The average molecular weight is 251 g/mol. The van der Waals surface area contributed by atoms with Crippen LogP contribution in [0.3, 0.4) is 0 Å². The van der Waals surface area contributed by atoms with E-state index in [-0.39, 0.29) is 5.91 Å². The Kier molecular flexibility index (Phi) is 2.68. The first kappa shape index (κ1) is 11.3. The van der Waals surface area contributed by atoms with Crippen LogP contribution in [0.5, 0.6) is 0 Å². The number of carbonyl (C=O) groups is 1. The number of benzene rings is 2. The molecule has 0 saturated heterocycles. The van der Waals surface area contributed by atoms with Gasteiger partial charge in [-0.15, -0.1) is 0 Å². The summed E-state index contributed by atoms with van der Waals surface area (Å²) in [6.07, 6.45) is 1.85. The average Bonchev–Trinajstić information content (AvgIpc) is 2.85. The van der Waals surface area contributed by atoms with Gasteiger partial charge >= 0.3 is 0 Å². The van der Waals surface area contributed by atoms with Gasteiger partial charge in [0.25, 0.3) is 5.91 Å². The summed E-state index contributed by atoms with van der Waals surface area (Å²) in [5, 5.41) is 3.84. The van der Waals surface area contributed by atoms with E-state index in [1.54, 1.807) is 24.3 Å². The molecule has 0 aliphatic heterocycles. The van der Waals surface area contributed by atoms with Crippen LogP contribution in [0, 0.1) is 0 Å². The van der Waals surface area contributed by atoms with Crippen LogP contribution in [-0.4, -0.2) is 10.9 Å². The van der Waals surface area contributed by atoms with Gasteiger partial charge in [0, 0.05) is 34.0 Å². The molecule has 0 spiro atoms. The molecular formula is C15H13N3O. The number of nitrogen functional groups attached to an aromatic ring is 1. The van der Waals surface area contributed by atoms with Crippen molar-refractivity contribution in [3.8, 4) is 0 Å². The Morgan fingerprint density at radius 3 is 2.84 bits per heavy atom. The van der Waals surface area contributed by atoms with E-state index in [0.717, 1.165) is 10.9 Å². The SMILES string of the molecule is Nc1cccc(NC(=O)c2ccc3[nH]ccc3c2)c1. The highest BCUT2D eigenvalue weighted by atomic mass is 16.1. The zero-order chi connectivity index (χ0) is 13.2. The molecule has 0 atom stereocenters. The van der Waals surface area contributed by atoms with Crippen LogP contribution in [0.4, 0.5) is 11.4 Å². The molecule has 4 nitrogen and oxygen atoms in total. The molecule has 0 bridgehead atoms. The Labute approximate surface area is 110 Å². The molecule has 19 heavy (non-hydrogen) atoms. The predicted molar refractivity (Wildman–Crippen MR) is 77.1 cm³/mol. The minimum Gasteiger partial charge on any atom is -0.399 e. The lowest BCUT2D eigenvalue weighted by Gasteiger charge is -2.06. The van der Waals surface area contributed by atoms with Crippen molar-refractivity contribution in [3.05, 3.63) is 60.3 Å². The second-order valence-electron chi connectivity index (χ2n) is 4.36.